The van der Waals surface area contributed by atoms with Crippen LogP contribution in [0.4, 0.5) is 26.3 Å². The van der Waals surface area contributed by atoms with Crippen molar-refractivity contribution in [1.82, 2.24) is 0 Å². The molecule has 9 heteroatoms. The van der Waals surface area contributed by atoms with E-state index in [1.807, 2.05) is 0 Å². The molecule has 2 nitrogen and oxygen atoms in total. The smallest absolute Gasteiger partial charge is 0.350 e. The van der Waals surface area contributed by atoms with E-state index in [0.29, 0.717) is 0 Å². The zero-order chi connectivity index (χ0) is 11.3. The maximum absolute atomic E-state index is 11.4. The predicted octanol–water partition coefficient (Wildman–Crippen LogP) is 2.26. The lowest BCUT2D eigenvalue weighted by Crippen LogP contribution is -2.47. The Morgan fingerprint density at radius 1 is 1.23 bits per heavy atom. The molecule has 1 unspecified atom stereocenters. The minimum absolute atomic E-state index is 1.39. The summed E-state index contributed by atoms with van der Waals surface area (Å²) in [6.07, 6.45) is -10.4. The van der Waals surface area contributed by atoms with Crippen LogP contribution in [0.3, 0.4) is 0 Å². The van der Waals surface area contributed by atoms with Gasteiger partial charge in [-0.15, -0.1) is 0 Å². The number of alkyl halides is 6. The van der Waals surface area contributed by atoms with Crippen LogP contribution in [-0.2, 0) is 4.29 Å². The largest absolute Gasteiger partial charge is 0.454 e. The molecule has 0 bridgehead atoms. The van der Waals surface area contributed by atoms with Crippen LogP contribution < -0.4 is 0 Å². The van der Waals surface area contributed by atoms with Crippen LogP contribution in [0.5, 0.6) is 0 Å². The average molecular weight is 235 g/mol. The fourth-order valence-electron chi connectivity index (χ4n) is 0.124. The van der Waals surface area contributed by atoms with Crippen molar-refractivity contribution in [3.05, 3.63) is 0 Å². The lowest BCUT2D eigenvalue weighted by Gasteiger charge is -2.20. The lowest BCUT2D eigenvalue weighted by molar-refractivity contribution is -0.352. The van der Waals surface area contributed by atoms with Gasteiger partial charge in [-0.25, -0.2) is 8.78 Å². The molecule has 0 saturated heterocycles. The molecule has 0 aromatic rings. The van der Waals surface area contributed by atoms with Gasteiger partial charge in [0, 0.05) is 0 Å². The standard InChI is InChI=1S/C3H2F6O.CH3ClO/c4-1(5)2(6,10)3(7,8)9;1-3-2/h1,10H;1H3. The van der Waals surface area contributed by atoms with E-state index in [2.05, 4.69) is 16.2 Å². The van der Waals surface area contributed by atoms with E-state index in [-0.39, 0.29) is 0 Å². The Morgan fingerprint density at radius 3 is 1.46 bits per heavy atom. The first-order valence-electron chi connectivity index (χ1n) is 2.52. The summed E-state index contributed by atoms with van der Waals surface area (Å²) < 4.78 is 70.0. The van der Waals surface area contributed by atoms with Crippen LogP contribution >= 0.6 is 11.9 Å². The molecule has 0 aliphatic rings. The Balaban J connectivity index is 0. The predicted molar refractivity (Wildman–Crippen MR) is 31.0 cm³/mol. The Morgan fingerprint density at radius 2 is 1.46 bits per heavy atom. The summed E-state index contributed by atoms with van der Waals surface area (Å²) in [5.41, 5.74) is 0. The molecule has 1 atom stereocenters. The molecule has 0 aromatic carbocycles. The lowest BCUT2D eigenvalue weighted by atomic mass is 10.3. The quantitative estimate of drug-likeness (QED) is 0.705. The van der Waals surface area contributed by atoms with Gasteiger partial charge in [-0.3, -0.25) is 4.29 Å². The van der Waals surface area contributed by atoms with Crippen molar-refractivity contribution in [3.63, 3.8) is 0 Å². The van der Waals surface area contributed by atoms with Crippen molar-refractivity contribution in [3.8, 4) is 0 Å². The molecular weight excluding hydrogens is 229 g/mol. The van der Waals surface area contributed by atoms with Gasteiger partial charge in [0.1, 0.15) is 0 Å². The molecule has 82 valence electrons. The van der Waals surface area contributed by atoms with E-state index in [4.69, 9.17) is 5.11 Å². The highest BCUT2D eigenvalue weighted by Crippen LogP contribution is 2.36. The fourth-order valence-corrected chi connectivity index (χ4v) is 0.124. The molecule has 0 rings (SSSR count). The van der Waals surface area contributed by atoms with Gasteiger partial charge in [0.2, 0.25) is 0 Å². The highest BCUT2D eigenvalue weighted by molar-refractivity contribution is 6.07. The van der Waals surface area contributed by atoms with E-state index in [0.717, 1.165) is 0 Å². The van der Waals surface area contributed by atoms with Crippen molar-refractivity contribution in [1.29, 1.82) is 0 Å². The number of hydrogen-bond acceptors (Lipinski definition) is 2. The van der Waals surface area contributed by atoms with Gasteiger partial charge in [0.05, 0.1) is 19.0 Å². The Kier molecular flexibility index (Phi) is 6.47. The summed E-state index contributed by atoms with van der Waals surface area (Å²) in [7, 11) is 1.39. The van der Waals surface area contributed by atoms with E-state index in [9.17, 15) is 26.3 Å². The summed E-state index contributed by atoms with van der Waals surface area (Å²) in [5, 5.41) is 7.39. The average Bonchev–Trinajstić information content (AvgIpc) is 1.86. The zero-order valence-electron chi connectivity index (χ0n) is 6.08. The van der Waals surface area contributed by atoms with Crippen LogP contribution in [0.2, 0.25) is 0 Å². The van der Waals surface area contributed by atoms with Gasteiger partial charge in [0.15, 0.2) is 0 Å². The van der Waals surface area contributed by atoms with Gasteiger partial charge < -0.3 is 5.11 Å². The second kappa shape index (κ2) is 5.51. The maximum atomic E-state index is 11.4. The van der Waals surface area contributed by atoms with Crippen molar-refractivity contribution in [2.75, 3.05) is 7.11 Å². The number of halogens is 7. The molecule has 13 heavy (non-hydrogen) atoms. The molecule has 0 radical (unpaired) electrons. The molecular formula is C4H5ClF6O2. The van der Waals surface area contributed by atoms with E-state index in [1.165, 1.54) is 7.11 Å². The van der Waals surface area contributed by atoms with Crippen molar-refractivity contribution in [2.45, 2.75) is 18.5 Å². The van der Waals surface area contributed by atoms with Gasteiger partial charge in [0.25, 0.3) is 0 Å². The Labute approximate surface area is 74.2 Å². The Hall–Kier alpha value is -0.210. The second-order valence-electron chi connectivity index (χ2n) is 1.63. The number of hydrogen-bond donors (Lipinski definition) is 1. The Bertz CT molecular complexity index is 135. The van der Waals surface area contributed by atoms with Crippen LogP contribution in [0, 0.1) is 0 Å². The van der Waals surface area contributed by atoms with Gasteiger partial charge >= 0.3 is 18.5 Å². The molecule has 0 fully saturated rings. The second-order valence-corrected chi connectivity index (χ2v) is 1.93. The first kappa shape index (κ1) is 15.3. The third-order valence-electron chi connectivity index (χ3n) is 0.687. The van der Waals surface area contributed by atoms with Gasteiger partial charge in [-0.05, 0) is 0 Å². The maximum Gasteiger partial charge on any atom is 0.454 e. The van der Waals surface area contributed by atoms with E-state index in [1.54, 1.807) is 0 Å². The summed E-state index contributed by atoms with van der Waals surface area (Å²) in [5.74, 6) is -5.40. The van der Waals surface area contributed by atoms with E-state index >= 15 is 0 Å². The van der Waals surface area contributed by atoms with Crippen molar-refractivity contribution >= 4 is 11.9 Å². The molecule has 0 heterocycles. The number of rotatable bonds is 1. The molecule has 0 aliphatic heterocycles. The van der Waals surface area contributed by atoms with Crippen LogP contribution in [0.25, 0.3) is 0 Å². The minimum Gasteiger partial charge on any atom is -0.350 e. The van der Waals surface area contributed by atoms with Crippen LogP contribution in [-0.4, -0.2) is 30.7 Å². The summed E-state index contributed by atoms with van der Waals surface area (Å²) >= 11 is 4.50. The summed E-state index contributed by atoms with van der Waals surface area (Å²) in [6, 6.07) is 0. The summed E-state index contributed by atoms with van der Waals surface area (Å²) in [4.78, 5) is 0. The van der Waals surface area contributed by atoms with Gasteiger partial charge in [-0.2, -0.15) is 17.6 Å². The monoisotopic (exact) mass is 234 g/mol. The molecule has 0 amide bonds. The normalized spacial score (nSPS) is 16.2. The SMILES string of the molecule is COCl.OC(F)(C(F)F)C(F)(F)F. The van der Waals surface area contributed by atoms with Crippen molar-refractivity contribution in [2.24, 2.45) is 0 Å². The number of aliphatic hydroxyl groups is 1. The third kappa shape index (κ3) is 5.17. The van der Waals surface area contributed by atoms with Crippen LogP contribution in [0.1, 0.15) is 0 Å². The molecule has 0 aromatic heterocycles. The van der Waals surface area contributed by atoms with Crippen molar-refractivity contribution < 1.29 is 35.7 Å². The molecule has 1 N–H and O–H groups in total. The van der Waals surface area contributed by atoms with Crippen LogP contribution in [0.15, 0.2) is 0 Å². The highest BCUT2D eigenvalue weighted by atomic mass is 35.5. The van der Waals surface area contributed by atoms with E-state index < -0.39 is 18.5 Å². The first-order valence-corrected chi connectivity index (χ1v) is 2.83. The molecule has 0 spiro atoms. The third-order valence-corrected chi connectivity index (χ3v) is 0.687. The molecule has 0 aliphatic carbocycles. The van der Waals surface area contributed by atoms with Gasteiger partial charge in [-0.1, -0.05) is 0 Å². The fraction of sp³-hybridized carbons (Fsp3) is 1.00. The molecule has 0 saturated carbocycles. The highest BCUT2D eigenvalue weighted by Gasteiger charge is 2.62. The zero-order valence-corrected chi connectivity index (χ0v) is 6.83. The minimum atomic E-state index is -5.94. The topological polar surface area (TPSA) is 29.5 Å². The first-order chi connectivity index (χ1) is 5.61. The summed E-state index contributed by atoms with van der Waals surface area (Å²) in [6.45, 7) is 0.